The quantitative estimate of drug-likeness (QED) is 0.767. The van der Waals surface area contributed by atoms with Crippen LogP contribution >= 0.6 is 0 Å². The van der Waals surface area contributed by atoms with Crippen LogP contribution in [-0.2, 0) is 22.6 Å². The first-order valence-corrected chi connectivity index (χ1v) is 7.02. The van der Waals surface area contributed by atoms with Crippen LogP contribution in [0.3, 0.4) is 0 Å². The topological polar surface area (TPSA) is 68.5 Å². The third kappa shape index (κ3) is 4.24. The van der Waals surface area contributed by atoms with Crippen LogP contribution in [0.2, 0.25) is 0 Å². The fourth-order valence-electron chi connectivity index (χ4n) is 2.12. The number of nitrogens with zero attached hydrogens (tertiary/aromatic N) is 1. The standard InChI is InChI=1S/C18H17NO4/c1-21-16-8-7-13(17(10-16)22-2)9-18(20)23-12-15-6-4-3-5-14(15)11-19/h3-8,10H,9,12H2,1-2H3. The van der Waals surface area contributed by atoms with Gasteiger partial charge in [-0.25, -0.2) is 0 Å². The number of carbonyl (C=O) groups is 1. The van der Waals surface area contributed by atoms with Crippen molar-refractivity contribution in [2.45, 2.75) is 13.0 Å². The molecule has 5 nitrogen and oxygen atoms in total. The third-order valence-corrected chi connectivity index (χ3v) is 3.36. The van der Waals surface area contributed by atoms with Gasteiger partial charge in [-0.1, -0.05) is 24.3 Å². The first-order chi connectivity index (χ1) is 11.2. The van der Waals surface area contributed by atoms with Gasteiger partial charge in [0.1, 0.15) is 18.1 Å². The molecule has 2 aromatic carbocycles. The number of hydrogen-bond acceptors (Lipinski definition) is 5. The van der Waals surface area contributed by atoms with Crippen molar-refractivity contribution >= 4 is 5.97 Å². The highest BCUT2D eigenvalue weighted by Crippen LogP contribution is 2.25. The number of hydrogen-bond donors (Lipinski definition) is 0. The molecule has 0 radical (unpaired) electrons. The maximum absolute atomic E-state index is 12.0. The zero-order chi connectivity index (χ0) is 16.7. The lowest BCUT2D eigenvalue weighted by atomic mass is 10.1. The second kappa shape index (κ2) is 7.85. The molecule has 0 aromatic heterocycles. The molecule has 0 heterocycles. The summed E-state index contributed by atoms with van der Waals surface area (Å²) >= 11 is 0. The Morgan fingerprint density at radius 3 is 2.57 bits per heavy atom. The molecule has 0 aliphatic carbocycles. The second-order valence-electron chi connectivity index (χ2n) is 4.78. The Bertz CT molecular complexity index is 734. The first kappa shape index (κ1) is 16.4. The van der Waals surface area contributed by atoms with Crippen LogP contribution in [0.5, 0.6) is 11.5 Å². The van der Waals surface area contributed by atoms with Crippen molar-refractivity contribution in [3.8, 4) is 17.6 Å². The van der Waals surface area contributed by atoms with E-state index in [0.717, 1.165) is 0 Å². The highest BCUT2D eigenvalue weighted by atomic mass is 16.5. The van der Waals surface area contributed by atoms with E-state index in [1.54, 1.807) is 49.6 Å². The smallest absolute Gasteiger partial charge is 0.310 e. The fraction of sp³-hybridized carbons (Fsp3) is 0.222. The molecule has 0 spiro atoms. The van der Waals surface area contributed by atoms with E-state index < -0.39 is 0 Å². The van der Waals surface area contributed by atoms with E-state index in [2.05, 4.69) is 6.07 Å². The Balaban J connectivity index is 2.01. The summed E-state index contributed by atoms with van der Waals surface area (Å²) < 4.78 is 15.6. The molecule has 2 rings (SSSR count). The second-order valence-corrected chi connectivity index (χ2v) is 4.78. The molecule has 2 aromatic rings. The molecule has 5 heteroatoms. The lowest BCUT2D eigenvalue weighted by Crippen LogP contribution is -2.09. The summed E-state index contributed by atoms with van der Waals surface area (Å²) in [6, 6.07) is 14.3. The highest BCUT2D eigenvalue weighted by Gasteiger charge is 2.12. The molecule has 0 bridgehead atoms. The van der Waals surface area contributed by atoms with Crippen LogP contribution in [0.15, 0.2) is 42.5 Å². The van der Waals surface area contributed by atoms with Gasteiger partial charge in [-0.3, -0.25) is 4.79 Å². The number of methoxy groups -OCH3 is 2. The molecule has 0 unspecified atom stereocenters. The Morgan fingerprint density at radius 1 is 1.09 bits per heavy atom. The molecule has 23 heavy (non-hydrogen) atoms. The molecule has 0 amide bonds. The maximum atomic E-state index is 12.0. The van der Waals surface area contributed by atoms with Crippen molar-refractivity contribution in [3.63, 3.8) is 0 Å². The number of carbonyl (C=O) groups excluding carboxylic acids is 1. The summed E-state index contributed by atoms with van der Waals surface area (Å²) in [5, 5.41) is 9.02. The molecule has 0 saturated heterocycles. The molecular weight excluding hydrogens is 294 g/mol. The van der Waals surface area contributed by atoms with Gasteiger partial charge in [-0.05, 0) is 12.1 Å². The normalized spacial score (nSPS) is 9.78. The largest absolute Gasteiger partial charge is 0.497 e. The van der Waals surface area contributed by atoms with Crippen LogP contribution in [0.4, 0.5) is 0 Å². The Hall–Kier alpha value is -3.00. The molecule has 118 valence electrons. The summed E-state index contributed by atoms with van der Waals surface area (Å²) in [6.45, 7) is 0.0705. The minimum absolute atomic E-state index is 0.0705. The first-order valence-electron chi connectivity index (χ1n) is 7.02. The Labute approximate surface area is 135 Å². The van der Waals surface area contributed by atoms with Crippen LogP contribution < -0.4 is 9.47 Å². The number of ether oxygens (including phenoxy) is 3. The predicted molar refractivity (Wildman–Crippen MR) is 84.2 cm³/mol. The van der Waals surface area contributed by atoms with Gasteiger partial charge >= 0.3 is 5.97 Å². The zero-order valence-electron chi connectivity index (χ0n) is 13.0. The van der Waals surface area contributed by atoms with E-state index in [1.807, 2.05) is 0 Å². The van der Waals surface area contributed by atoms with E-state index >= 15 is 0 Å². The van der Waals surface area contributed by atoms with Crippen LogP contribution in [0.25, 0.3) is 0 Å². The monoisotopic (exact) mass is 311 g/mol. The number of esters is 1. The average Bonchev–Trinajstić information content (AvgIpc) is 2.60. The van der Waals surface area contributed by atoms with Crippen molar-refractivity contribution in [1.29, 1.82) is 5.26 Å². The summed E-state index contributed by atoms with van der Waals surface area (Å²) in [5.41, 5.74) is 1.90. The van der Waals surface area contributed by atoms with Crippen molar-refractivity contribution in [2.24, 2.45) is 0 Å². The minimum Gasteiger partial charge on any atom is -0.497 e. The molecule has 0 aliphatic rings. The zero-order valence-corrected chi connectivity index (χ0v) is 13.0. The van der Waals surface area contributed by atoms with Crippen molar-refractivity contribution in [2.75, 3.05) is 14.2 Å². The van der Waals surface area contributed by atoms with Gasteiger partial charge in [0.05, 0.1) is 32.3 Å². The molecule has 0 N–H and O–H groups in total. The summed E-state index contributed by atoms with van der Waals surface area (Å²) in [4.78, 5) is 12.0. The molecule has 0 atom stereocenters. The van der Waals surface area contributed by atoms with E-state index in [-0.39, 0.29) is 19.0 Å². The van der Waals surface area contributed by atoms with Crippen molar-refractivity contribution in [1.82, 2.24) is 0 Å². The highest BCUT2D eigenvalue weighted by molar-refractivity contribution is 5.73. The fourth-order valence-corrected chi connectivity index (χ4v) is 2.12. The molecular formula is C18H17NO4. The van der Waals surface area contributed by atoms with Crippen LogP contribution in [0, 0.1) is 11.3 Å². The van der Waals surface area contributed by atoms with E-state index in [9.17, 15) is 4.79 Å². The van der Waals surface area contributed by atoms with Gasteiger partial charge in [-0.15, -0.1) is 0 Å². The van der Waals surface area contributed by atoms with E-state index in [4.69, 9.17) is 19.5 Å². The summed E-state index contributed by atoms with van der Waals surface area (Å²) in [7, 11) is 3.10. The van der Waals surface area contributed by atoms with Crippen LogP contribution in [-0.4, -0.2) is 20.2 Å². The van der Waals surface area contributed by atoms with Gasteiger partial charge < -0.3 is 14.2 Å². The predicted octanol–water partition coefficient (Wildman–Crippen LogP) is 2.86. The van der Waals surface area contributed by atoms with Gasteiger partial charge in [0.2, 0.25) is 0 Å². The lowest BCUT2D eigenvalue weighted by Gasteiger charge is -2.10. The minimum atomic E-state index is -0.388. The van der Waals surface area contributed by atoms with Crippen molar-refractivity contribution < 1.29 is 19.0 Å². The van der Waals surface area contributed by atoms with Gasteiger partial charge in [0.25, 0.3) is 0 Å². The molecule has 0 fully saturated rings. The molecule has 0 saturated carbocycles. The summed E-state index contributed by atoms with van der Waals surface area (Å²) in [6.07, 6.45) is 0.0852. The van der Waals surface area contributed by atoms with Crippen molar-refractivity contribution in [3.05, 3.63) is 59.2 Å². The SMILES string of the molecule is COc1ccc(CC(=O)OCc2ccccc2C#N)c(OC)c1. The molecule has 0 aliphatic heterocycles. The van der Waals surface area contributed by atoms with Gasteiger partial charge in [0, 0.05) is 17.2 Å². The lowest BCUT2D eigenvalue weighted by molar-refractivity contribution is -0.144. The number of nitriles is 1. The number of rotatable bonds is 6. The number of benzene rings is 2. The van der Waals surface area contributed by atoms with Gasteiger partial charge in [0.15, 0.2) is 0 Å². The summed E-state index contributed by atoms with van der Waals surface area (Å²) in [5.74, 6) is 0.835. The van der Waals surface area contributed by atoms with Gasteiger partial charge in [-0.2, -0.15) is 5.26 Å². The van der Waals surface area contributed by atoms with Crippen LogP contribution in [0.1, 0.15) is 16.7 Å². The Kier molecular flexibility index (Phi) is 5.59. The Morgan fingerprint density at radius 2 is 1.87 bits per heavy atom. The maximum Gasteiger partial charge on any atom is 0.310 e. The van der Waals surface area contributed by atoms with E-state index in [0.29, 0.717) is 28.2 Å². The average molecular weight is 311 g/mol. The van der Waals surface area contributed by atoms with E-state index in [1.165, 1.54) is 7.11 Å². The third-order valence-electron chi connectivity index (χ3n) is 3.36.